The lowest BCUT2D eigenvalue weighted by Gasteiger charge is -2.28. The van der Waals surface area contributed by atoms with Crippen molar-refractivity contribution in [2.75, 3.05) is 32.4 Å². The van der Waals surface area contributed by atoms with Crippen molar-refractivity contribution in [2.24, 2.45) is 5.92 Å². The van der Waals surface area contributed by atoms with Crippen molar-refractivity contribution in [2.45, 2.75) is 18.6 Å². The molecule has 0 radical (unpaired) electrons. The second-order valence-corrected chi connectivity index (χ2v) is 7.05. The van der Waals surface area contributed by atoms with Gasteiger partial charge in [0.2, 0.25) is 5.91 Å². The first-order valence-corrected chi connectivity index (χ1v) is 8.97. The zero-order valence-electron chi connectivity index (χ0n) is 12.5. The lowest BCUT2D eigenvalue weighted by molar-refractivity contribution is -0.126. The molecule has 3 nitrogen and oxygen atoms in total. The van der Waals surface area contributed by atoms with Gasteiger partial charge in [0.05, 0.1) is 5.92 Å². The second-order valence-electron chi connectivity index (χ2n) is 5.54. The van der Waals surface area contributed by atoms with Crippen molar-refractivity contribution >= 4 is 29.3 Å². The van der Waals surface area contributed by atoms with Crippen LogP contribution < -0.4 is 5.32 Å². The Morgan fingerprint density at radius 2 is 2.29 bits per heavy atom. The van der Waals surface area contributed by atoms with Crippen LogP contribution in [0.1, 0.15) is 18.4 Å². The molecule has 0 saturated carbocycles. The van der Waals surface area contributed by atoms with Gasteiger partial charge in [-0.25, -0.2) is 0 Å². The Balaban J connectivity index is 1.61. The minimum Gasteiger partial charge on any atom is -0.355 e. The average Bonchev–Trinajstić information content (AvgIpc) is 2.48. The van der Waals surface area contributed by atoms with Crippen molar-refractivity contribution in [3.05, 3.63) is 34.9 Å². The fourth-order valence-corrected chi connectivity index (χ4v) is 3.71. The van der Waals surface area contributed by atoms with E-state index in [0.29, 0.717) is 0 Å². The maximum atomic E-state index is 12.1. The van der Waals surface area contributed by atoms with Crippen LogP contribution in [0.3, 0.4) is 0 Å². The zero-order valence-corrected chi connectivity index (χ0v) is 14.1. The molecule has 1 aliphatic heterocycles. The summed E-state index contributed by atoms with van der Waals surface area (Å²) in [5, 5.41) is 3.87. The van der Waals surface area contributed by atoms with Gasteiger partial charge in [-0.1, -0.05) is 29.8 Å². The van der Waals surface area contributed by atoms with E-state index in [4.69, 9.17) is 11.6 Å². The van der Waals surface area contributed by atoms with Crippen molar-refractivity contribution < 1.29 is 4.79 Å². The number of thioether (sulfide) groups is 1. The van der Waals surface area contributed by atoms with E-state index < -0.39 is 0 Å². The highest BCUT2D eigenvalue weighted by Gasteiger charge is 2.23. The number of nitrogens with zero attached hydrogens (tertiary/aromatic N) is 1. The van der Waals surface area contributed by atoms with Crippen LogP contribution in [0.2, 0.25) is 5.02 Å². The second kappa shape index (κ2) is 8.66. The highest BCUT2D eigenvalue weighted by Crippen LogP contribution is 2.20. The Morgan fingerprint density at radius 3 is 3.05 bits per heavy atom. The van der Waals surface area contributed by atoms with Crippen LogP contribution in [-0.4, -0.2) is 43.2 Å². The molecular formula is C16H23ClN2OS. The Kier molecular flexibility index (Phi) is 6.87. The molecule has 0 spiro atoms. The number of piperidine rings is 1. The summed E-state index contributed by atoms with van der Waals surface area (Å²) in [5.41, 5.74) is 1.16. The Hall–Kier alpha value is -0.710. The first kappa shape index (κ1) is 16.7. The van der Waals surface area contributed by atoms with E-state index in [1.54, 1.807) is 11.8 Å². The van der Waals surface area contributed by atoms with E-state index >= 15 is 0 Å². The van der Waals surface area contributed by atoms with Crippen molar-refractivity contribution in [1.29, 1.82) is 0 Å². The molecule has 21 heavy (non-hydrogen) atoms. The average molecular weight is 327 g/mol. The molecule has 0 aliphatic carbocycles. The molecule has 5 heteroatoms. The Labute approximate surface area is 136 Å². The van der Waals surface area contributed by atoms with E-state index in [2.05, 4.69) is 17.3 Å². The standard InChI is InChI=1S/C16H23ClN2OS/c1-19-9-4-6-13(11-19)16(20)18-8-10-21-12-14-5-2-3-7-15(14)17/h2-3,5,7,13H,4,6,8-12H2,1H3,(H,18,20)/t13-/m0/s1. The highest BCUT2D eigenvalue weighted by atomic mass is 35.5. The van der Waals surface area contributed by atoms with E-state index in [1.807, 2.05) is 24.3 Å². The number of carbonyl (C=O) groups is 1. The van der Waals surface area contributed by atoms with Gasteiger partial charge in [0, 0.05) is 29.6 Å². The summed E-state index contributed by atoms with van der Waals surface area (Å²) in [6.45, 7) is 2.73. The fraction of sp³-hybridized carbons (Fsp3) is 0.562. The topological polar surface area (TPSA) is 32.3 Å². The van der Waals surface area contributed by atoms with Crippen molar-refractivity contribution in [3.63, 3.8) is 0 Å². The third kappa shape index (κ3) is 5.53. The Bertz CT molecular complexity index is 469. The highest BCUT2D eigenvalue weighted by molar-refractivity contribution is 7.98. The van der Waals surface area contributed by atoms with Crippen LogP contribution in [-0.2, 0) is 10.5 Å². The third-order valence-electron chi connectivity index (χ3n) is 3.76. The summed E-state index contributed by atoms with van der Waals surface area (Å²) in [4.78, 5) is 14.3. The molecule has 1 fully saturated rings. The monoisotopic (exact) mass is 326 g/mol. The van der Waals surface area contributed by atoms with Crippen LogP contribution in [0.15, 0.2) is 24.3 Å². The number of hydrogen-bond acceptors (Lipinski definition) is 3. The molecule has 1 aromatic carbocycles. The van der Waals surface area contributed by atoms with Gasteiger partial charge in [-0.15, -0.1) is 0 Å². The number of amides is 1. The van der Waals surface area contributed by atoms with Crippen LogP contribution in [0.5, 0.6) is 0 Å². The fourth-order valence-electron chi connectivity index (χ4n) is 2.57. The zero-order chi connectivity index (χ0) is 15.1. The molecular weight excluding hydrogens is 304 g/mol. The number of rotatable bonds is 6. The molecule has 1 atom stereocenters. The molecule has 0 bridgehead atoms. The van der Waals surface area contributed by atoms with Crippen LogP contribution in [0, 0.1) is 5.92 Å². The van der Waals surface area contributed by atoms with Crippen LogP contribution >= 0.6 is 23.4 Å². The SMILES string of the molecule is CN1CCC[C@H](C(=O)NCCSCc2ccccc2Cl)C1. The molecule has 0 aromatic heterocycles. The minimum atomic E-state index is 0.164. The van der Waals surface area contributed by atoms with Gasteiger partial charge in [0.15, 0.2) is 0 Å². The molecule has 116 valence electrons. The predicted octanol–water partition coefficient (Wildman–Crippen LogP) is 3.03. The number of nitrogens with one attached hydrogen (secondary N) is 1. The molecule has 1 aromatic rings. The summed E-state index contributed by atoms with van der Waals surface area (Å²) in [6, 6.07) is 7.91. The quantitative estimate of drug-likeness (QED) is 0.816. The summed E-state index contributed by atoms with van der Waals surface area (Å²) < 4.78 is 0. The van der Waals surface area contributed by atoms with Gasteiger partial charge in [0.25, 0.3) is 0 Å². The van der Waals surface area contributed by atoms with E-state index in [9.17, 15) is 4.79 Å². The number of halogens is 1. The summed E-state index contributed by atoms with van der Waals surface area (Å²) >= 11 is 7.92. The van der Waals surface area contributed by atoms with Crippen LogP contribution in [0.25, 0.3) is 0 Å². The van der Waals surface area contributed by atoms with Gasteiger partial charge < -0.3 is 10.2 Å². The van der Waals surface area contributed by atoms with Gasteiger partial charge >= 0.3 is 0 Å². The van der Waals surface area contributed by atoms with E-state index in [0.717, 1.165) is 54.6 Å². The molecule has 1 heterocycles. The molecule has 1 amide bonds. The van der Waals surface area contributed by atoms with Crippen LogP contribution in [0.4, 0.5) is 0 Å². The summed E-state index contributed by atoms with van der Waals surface area (Å²) in [7, 11) is 2.08. The van der Waals surface area contributed by atoms with Crippen molar-refractivity contribution in [3.8, 4) is 0 Å². The van der Waals surface area contributed by atoms with Gasteiger partial charge in [-0.05, 0) is 38.1 Å². The molecule has 0 unspecified atom stereocenters. The number of benzene rings is 1. The summed E-state index contributed by atoms with van der Waals surface area (Å²) in [6.07, 6.45) is 2.14. The van der Waals surface area contributed by atoms with Crippen molar-refractivity contribution in [1.82, 2.24) is 10.2 Å². The van der Waals surface area contributed by atoms with Gasteiger partial charge in [0.1, 0.15) is 0 Å². The first-order valence-electron chi connectivity index (χ1n) is 7.44. The van der Waals surface area contributed by atoms with Gasteiger partial charge in [-0.2, -0.15) is 11.8 Å². The smallest absolute Gasteiger partial charge is 0.224 e. The predicted molar refractivity (Wildman–Crippen MR) is 90.8 cm³/mol. The maximum absolute atomic E-state index is 12.1. The molecule has 1 aliphatic rings. The molecule has 1 N–H and O–H groups in total. The number of carbonyl (C=O) groups excluding carboxylic acids is 1. The molecule has 2 rings (SSSR count). The largest absolute Gasteiger partial charge is 0.355 e. The maximum Gasteiger partial charge on any atom is 0.224 e. The third-order valence-corrected chi connectivity index (χ3v) is 5.13. The van der Waals surface area contributed by atoms with E-state index in [1.165, 1.54) is 0 Å². The lowest BCUT2D eigenvalue weighted by Crippen LogP contribution is -2.41. The Morgan fingerprint density at radius 1 is 1.48 bits per heavy atom. The normalized spacial score (nSPS) is 19.4. The first-order chi connectivity index (χ1) is 10.2. The minimum absolute atomic E-state index is 0.164. The summed E-state index contributed by atoms with van der Waals surface area (Å²) in [5.74, 6) is 2.18. The molecule has 1 saturated heterocycles. The van der Waals surface area contributed by atoms with E-state index in [-0.39, 0.29) is 11.8 Å². The van der Waals surface area contributed by atoms with Gasteiger partial charge in [-0.3, -0.25) is 4.79 Å². The lowest BCUT2D eigenvalue weighted by atomic mass is 9.98. The number of likely N-dealkylation sites (tertiary alicyclic amines) is 1. The number of hydrogen-bond donors (Lipinski definition) is 1.